The van der Waals surface area contributed by atoms with Crippen LogP contribution < -0.4 is 15.5 Å². The predicted octanol–water partition coefficient (Wildman–Crippen LogP) is 2.21. The molecule has 1 fully saturated rings. The van der Waals surface area contributed by atoms with Gasteiger partial charge in [-0.3, -0.25) is 4.79 Å². The monoisotopic (exact) mass is 357 g/mol. The van der Waals surface area contributed by atoms with Gasteiger partial charge in [-0.1, -0.05) is 0 Å². The molecule has 2 atom stereocenters. The van der Waals surface area contributed by atoms with Gasteiger partial charge < -0.3 is 20.5 Å². The van der Waals surface area contributed by atoms with E-state index in [0.29, 0.717) is 6.04 Å². The first-order chi connectivity index (χ1) is 12.2. The van der Waals surface area contributed by atoms with Gasteiger partial charge in [0.25, 0.3) is 5.91 Å². The van der Waals surface area contributed by atoms with E-state index >= 15 is 0 Å². The number of fused-ring (bicyclic) bond motifs is 1. The Morgan fingerprint density at radius 3 is 3.24 bits per heavy atom. The number of anilines is 1. The number of hydrogen-bond acceptors (Lipinski definition) is 5. The molecule has 1 amide bonds. The minimum atomic E-state index is 0.0234. The van der Waals surface area contributed by atoms with Crippen molar-refractivity contribution < 1.29 is 4.79 Å². The van der Waals surface area contributed by atoms with Gasteiger partial charge in [-0.2, -0.15) is 0 Å². The molecule has 7 heteroatoms. The van der Waals surface area contributed by atoms with Crippen molar-refractivity contribution in [2.24, 2.45) is 0 Å². The molecule has 0 radical (unpaired) electrons. The molecule has 6 nitrogen and oxygen atoms in total. The Kier molecular flexibility index (Phi) is 4.67. The van der Waals surface area contributed by atoms with Crippen LogP contribution in [-0.4, -0.2) is 46.8 Å². The molecular formula is C18H23N5OS. The first kappa shape index (κ1) is 16.5. The van der Waals surface area contributed by atoms with Crippen molar-refractivity contribution in [2.75, 3.05) is 23.7 Å². The summed E-state index contributed by atoms with van der Waals surface area (Å²) in [6.45, 7) is 4.01. The second-order valence-corrected chi connectivity index (χ2v) is 7.71. The molecule has 25 heavy (non-hydrogen) atoms. The number of thioether (sulfide) groups is 1. The molecule has 1 unspecified atom stereocenters. The number of hydrogen-bond donors (Lipinski definition) is 3. The lowest BCUT2D eigenvalue weighted by Gasteiger charge is -2.28. The van der Waals surface area contributed by atoms with Crippen LogP contribution in [0.3, 0.4) is 0 Å². The zero-order valence-corrected chi connectivity index (χ0v) is 15.1. The SMILES string of the molecule is CC(NC(=O)C1=CN(c2ccnc3[nH]ccc23)CCS1)[C@@H]1CCCN1. The van der Waals surface area contributed by atoms with Gasteiger partial charge in [0.2, 0.25) is 0 Å². The lowest BCUT2D eigenvalue weighted by molar-refractivity contribution is -0.117. The Morgan fingerprint density at radius 2 is 2.40 bits per heavy atom. The third-order valence-corrected chi connectivity index (χ3v) is 5.88. The predicted molar refractivity (Wildman–Crippen MR) is 103 cm³/mol. The molecule has 2 aliphatic heterocycles. The molecule has 2 aliphatic rings. The summed E-state index contributed by atoms with van der Waals surface area (Å²) in [5.41, 5.74) is 1.96. The van der Waals surface area contributed by atoms with Crippen molar-refractivity contribution in [1.82, 2.24) is 20.6 Å². The topological polar surface area (TPSA) is 73.0 Å². The van der Waals surface area contributed by atoms with Crippen LogP contribution >= 0.6 is 11.8 Å². The van der Waals surface area contributed by atoms with Gasteiger partial charge in [-0.15, -0.1) is 11.8 Å². The summed E-state index contributed by atoms with van der Waals surface area (Å²) in [6, 6.07) is 4.56. The number of H-pyrrole nitrogens is 1. The average Bonchev–Trinajstić information content (AvgIpc) is 3.33. The number of carbonyl (C=O) groups excluding carboxylic acids is 1. The van der Waals surface area contributed by atoms with E-state index in [1.54, 1.807) is 18.0 Å². The van der Waals surface area contributed by atoms with E-state index in [9.17, 15) is 4.79 Å². The van der Waals surface area contributed by atoms with Crippen LogP contribution in [0.25, 0.3) is 11.0 Å². The van der Waals surface area contributed by atoms with Gasteiger partial charge in [0.1, 0.15) is 5.65 Å². The number of carbonyl (C=O) groups is 1. The summed E-state index contributed by atoms with van der Waals surface area (Å²) < 4.78 is 0. The molecule has 1 saturated heterocycles. The van der Waals surface area contributed by atoms with Gasteiger partial charge in [0.05, 0.1) is 10.6 Å². The first-order valence-corrected chi connectivity index (χ1v) is 9.78. The lowest BCUT2D eigenvalue weighted by atomic mass is 10.1. The van der Waals surface area contributed by atoms with Crippen molar-refractivity contribution in [2.45, 2.75) is 31.8 Å². The van der Waals surface area contributed by atoms with Crippen LogP contribution in [0.1, 0.15) is 19.8 Å². The Labute approximate surface area is 151 Å². The molecule has 0 bridgehead atoms. The molecule has 132 valence electrons. The fraction of sp³-hybridized carbons (Fsp3) is 0.444. The van der Waals surface area contributed by atoms with Crippen molar-refractivity contribution in [3.05, 3.63) is 35.6 Å². The fourth-order valence-electron chi connectivity index (χ4n) is 3.53. The normalized spacial score (nSPS) is 22.0. The highest BCUT2D eigenvalue weighted by molar-refractivity contribution is 8.04. The van der Waals surface area contributed by atoms with Crippen molar-refractivity contribution >= 4 is 34.4 Å². The maximum absolute atomic E-state index is 12.7. The second-order valence-electron chi connectivity index (χ2n) is 6.57. The molecular weight excluding hydrogens is 334 g/mol. The third-order valence-electron chi connectivity index (χ3n) is 4.89. The molecule has 0 saturated carbocycles. The maximum atomic E-state index is 12.7. The molecule has 4 heterocycles. The van der Waals surface area contributed by atoms with Crippen molar-refractivity contribution in [3.8, 4) is 0 Å². The molecule has 4 rings (SSSR count). The molecule has 0 spiro atoms. The van der Waals surface area contributed by atoms with E-state index < -0.39 is 0 Å². The van der Waals surface area contributed by atoms with Gasteiger partial charge in [-0.25, -0.2) is 4.98 Å². The quantitative estimate of drug-likeness (QED) is 0.782. The molecule has 0 aliphatic carbocycles. The first-order valence-electron chi connectivity index (χ1n) is 8.80. The number of rotatable bonds is 4. The minimum absolute atomic E-state index is 0.0234. The standard InChI is InChI=1S/C18H23N5OS/c1-12(14-3-2-6-19-14)22-18(24)16-11-23(9-10-25-16)15-5-8-21-17-13(15)4-7-20-17/h4-5,7-8,11-12,14,19H,2-3,6,9-10H2,1H3,(H,20,21)(H,22,24)/t12?,14-/m0/s1. The highest BCUT2D eigenvalue weighted by Crippen LogP contribution is 2.30. The van der Waals surface area contributed by atoms with Crippen LogP contribution in [0.2, 0.25) is 0 Å². The molecule has 0 aromatic carbocycles. The molecule has 2 aromatic heterocycles. The lowest BCUT2D eigenvalue weighted by Crippen LogP contribution is -2.46. The maximum Gasteiger partial charge on any atom is 0.259 e. The number of nitrogens with zero attached hydrogens (tertiary/aromatic N) is 2. The van der Waals surface area contributed by atoms with Gasteiger partial charge in [-0.05, 0) is 38.4 Å². The smallest absolute Gasteiger partial charge is 0.259 e. The van der Waals surface area contributed by atoms with Crippen LogP contribution in [0.4, 0.5) is 5.69 Å². The summed E-state index contributed by atoms with van der Waals surface area (Å²) in [4.78, 5) is 23.1. The van der Waals surface area contributed by atoms with Gasteiger partial charge >= 0.3 is 0 Å². The van der Waals surface area contributed by atoms with Gasteiger partial charge in [0, 0.05) is 48.4 Å². The van der Waals surface area contributed by atoms with E-state index in [0.717, 1.165) is 46.9 Å². The number of aromatic nitrogens is 2. The van der Waals surface area contributed by atoms with Crippen LogP contribution in [0, 0.1) is 0 Å². The number of pyridine rings is 1. The Hall–Kier alpha value is -1.99. The summed E-state index contributed by atoms with van der Waals surface area (Å²) in [5.74, 6) is 0.916. The fourth-order valence-corrected chi connectivity index (χ4v) is 4.42. The zero-order chi connectivity index (χ0) is 17.2. The van der Waals surface area contributed by atoms with Crippen molar-refractivity contribution in [1.29, 1.82) is 0 Å². The summed E-state index contributed by atoms with van der Waals surface area (Å²) >= 11 is 1.63. The third kappa shape index (κ3) is 3.39. The van der Waals surface area contributed by atoms with E-state index in [1.807, 2.05) is 24.5 Å². The Bertz CT molecular complexity index is 796. The van der Waals surface area contributed by atoms with Crippen molar-refractivity contribution in [3.63, 3.8) is 0 Å². The highest BCUT2D eigenvalue weighted by atomic mass is 32.2. The van der Waals surface area contributed by atoms with E-state index in [2.05, 4.69) is 32.4 Å². The highest BCUT2D eigenvalue weighted by Gasteiger charge is 2.25. The second kappa shape index (κ2) is 7.09. The number of nitrogens with one attached hydrogen (secondary N) is 3. The molecule has 3 N–H and O–H groups in total. The largest absolute Gasteiger partial charge is 0.348 e. The van der Waals surface area contributed by atoms with E-state index in [4.69, 9.17) is 0 Å². The summed E-state index contributed by atoms with van der Waals surface area (Å²) in [5, 5.41) is 7.69. The Morgan fingerprint density at radius 1 is 1.48 bits per heavy atom. The van der Waals surface area contributed by atoms with Crippen LogP contribution in [-0.2, 0) is 4.79 Å². The number of amides is 1. The van der Waals surface area contributed by atoms with E-state index in [-0.39, 0.29) is 11.9 Å². The van der Waals surface area contributed by atoms with Crippen LogP contribution in [0.15, 0.2) is 35.6 Å². The van der Waals surface area contributed by atoms with Gasteiger partial charge in [0.15, 0.2) is 0 Å². The summed E-state index contributed by atoms with van der Waals surface area (Å²) in [7, 11) is 0. The van der Waals surface area contributed by atoms with Crippen LogP contribution in [0.5, 0.6) is 0 Å². The average molecular weight is 357 g/mol. The molecule has 2 aromatic rings. The summed E-state index contributed by atoms with van der Waals surface area (Å²) in [6.07, 6.45) is 7.98. The zero-order valence-electron chi connectivity index (χ0n) is 14.3. The Balaban J connectivity index is 1.52. The van der Waals surface area contributed by atoms with E-state index in [1.165, 1.54) is 6.42 Å². The minimum Gasteiger partial charge on any atom is -0.348 e. The number of aromatic amines is 1.